The Morgan fingerprint density at radius 1 is 0.828 bits per heavy atom. The maximum atomic E-state index is 9.91. The lowest BCUT2D eigenvalue weighted by Gasteiger charge is -2.03. The summed E-state index contributed by atoms with van der Waals surface area (Å²) in [5.41, 5.74) is 4.25. The number of nitrogens with zero attached hydrogens (tertiary/aromatic N) is 1. The number of para-hydroxylation sites is 1. The molecule has 5 heteroatoms. The number of rotatable bonds is 4. The van der Waals surface area contributed by atoms with Gasteiger partial charge in [-0.05, 0) is 35.9 Å². The third-order valence-electron chi connectivity index (χ3n) is 4.92. The molecule has 0 fully saturated rings. The van der Waals surface area contributed by atoms with Gasteiger partial charge in [0, 0.05) is 28.2 Å². The number of aromatic amines is 1. The minimum Gasteiger partial charge on any atom is -0.508 e. The van der Waals surface area contributed by atoms with Crippen molar-refractivity contribution in [3.8, 4) is 34.1 Å². The highest BCUT2D eigenvalue weighted by Gasteiger charge is 2.19. The summed E-state index contributed by atoms with van der Waals surface area (Å²) in [4.78, 5) is 8.01. The van der Waals surface area contributed by atoms with Gasteiger partial charge in [0.1, 0.15) is 17.2 Å². The van der Waals surface area contributed by atoms with Crippen molar-refractivity contribution in [2.75, 3.05) is 0 Å². The standard InChI is InChI=1S/C24H18N2O3/c27-18-7-3-5-15(11-18)23-24(16-6-4-8-19(28)12-16)29-22(26-23)13-17-14-25-21-10-2-1-9-20(17)21/h1-12,14,25,27-28H,13H2. The maximum absolute atomic E-state index is 9.91. The van der Waals surface area contributed by atoms with Crippen molar-refractivity contribution >= 4 is 10.9 Å². The van der Waals surface area contributed by atoms with Crippen molar-refractivity contribution in [2.45, 2.75) is 6.42 Å². The van der Waals surface area contributed by atoms with E-state index in [2.05, 4.69) is 11.1 Å². The predicted molar refractivity (Wildman–Crippen MR) is 112 cm³/mol. The molecule has 0 saturated heterocycles. The molecule has 142 valence electrons. The molecule has 29 heavy (non-hydrogen) atoms. The molecule has 0 radical (unpaired) electrons. The molecule has 0 amide bonds. The number of H-pyrrole nitrogens is 1. The Labute approximate surface area is 166 Å². The molecule has 2 heterocycles. The van der Waals surface area contributed by atoms with Gasteiger partial charge in [-0.15, -0.1) is 0 Å². The number of nitrogens with one attached hydrogen (secondary N) is 1. The lowest BCUT2D eigenvalue weighted by atomic mass is 10.1. The van der Waals surface area contributed by atoms with Crippen molar-refractivity contribution in [3.63, 3.8) is 0 Å². The van der Waals surface area contributed by atoms with E-state index in [1.807, 2.05) is 36.5 Å². The lowest BCUT2D eigenvalue weighted by Crippen LogP contribution is -1.87. The van der Waals surface area contributed by atoms with Crippen LogP contribution in [0.5, 0.6) is 11.5 Å². The van der Waals surface area contributed by atoms with Gasteiger partial charge in [0.05, 0.1) is 6.42 Å². The van der Waals surface area contributed by atoms with E-state index in [0.29, 0.717) is 23.8 Å². The van der Waals surface area contributed by atoms with E-state index < -0.39 is 0 Å². The van der Waals surface area contributed by atoms with Crippen LogP contribution in [0.25, 0.3) is 33.5 Å². The van der Waals surface area contributed by atoms with Crippen molar-refractivity contribution in [1.82, 2.24) is 9.97 Å². The maximum Gasteiger partial charge on any atom is 0.200 e. The number of oxazole rings is 1. The van der Waals surface area contributed by atoms with Gasteiger partial charge in [-0.1, -0.05) is 42.5 Å². The second-order valence-corrected chi connectivity index (χ2v) is 6.92. The fourth-order valence-corrected chi connectivity index (χ4v) is 3.57. The van der Waals surface area contributed by atoms with Crippen molar-refractivity contribution in [2.24, 2.45) is 0 Å². The van der Waals surface area contributed by atoms with E-state index >= 15 is 0 Å². The molecule has 3 aromatic carbocycles. The summed E-state index contributed by atoms with van der Waals surface area (Å²) in [6.07, 6.45) is 2.49. The Morgan fingerprint density at radius 2 is 1.55 bits per heavy atom. The van der Waals surface area contributed by atoms with Gasteiger partial charge in [0.2, 0.25) is 0 Å². The fourth-order valence-electron chi connectivity index (χ4n) is 3.57. The van der Waals surface area contributed by atoms with Crippen LogP contribution in [0.2, 0.25) is 0 Å². The number of phenolic OH excluding ortho intramolecular Hbond substituents is 2. The molecule has 5 aromatic rings. The summed E-state index contributed by atoms with van der Waals surface area (Å²) in [6.45, 7) is 0. The summed E-state index contributed by atoms with van der Waals surface area (Å²) < 4.78 is 6.15. The van der Waals surface area contributed by atoms with Gasteiger partial charge >= 0.3 is 0 Å². The number of hydrogen-bond acceptors (Lipinski definition) is 4. The Hall–Kier alpha value is -3.99. The van der Waals surface area contributed by atoms with Gasteiger partial charge in [-0.25, -0.2) is 4.98 Å². The summed E-state index contributed by atoms with van der Waals surface area (Å²) in [5, 5.41) is 20.9. The number of phenols is 2. The van der Waals surface area contributed by atoms with Gasteiger partial charge in [-0.2, -0.15) is 0 Å². The molecule has 5 nitrogen and oxygen atoms in total. The minimum atomic E-state index is 0.152. The zero-order valence-electron chi connectivity index (χ0n) is 15.5. The van der Waals surface area contributed by atoms with Crippen LogP contribution in [0.4, 0.5) is 0 Å². The molecule has 0 saturated carbocycles. The van der Waals surface area contributed by atoms with Crippen LogP contribution in [0.1, 0.15) is 11.5 Å². The van der Waals surface area contributed by atoms with E-state index in [1.54, 1.807) is 36.4 Å². The molecule has 0 atom stereocenters. The zero-order valence-corrected chi connectivity index (χ0v) is 15.5. The largest absolute Gasteiger partial charge is 0.508 e. The molecule has 0 aliphatic heterocycles. The molecule has 0 bridgehead atoms. The van der Waals surface area contributed by atoms with Crippen LogP contribution in [-0.2, 0) is 6.42 Å². The van der Waals surface area contributed by atoms with E-state index in [1.165, 1.54) is 0 Å². The number of aromatic hydroxyl groups is 2. The van der Waals surface area contributed by atoms with Crippen molar-refractivity contribution < 1.29 is 14.6 Å². The molecule has 0 aliphatic carbocycles. The fraction of sp³-hybridized carbons (Fsp3) is 0.0417. The van der Waals surface area contributed by atoms with Gasteiger partial charge in [0.25, 0.3) is 0 Å². The minimum absolute atomic E-state index is 0.152. The molecular weight excluding hydrogens is 364 g/mol. The summed E-state index contributed by atoms with van der Waals surface area (Å²) >= 11 is 0. The molecule has 0 spiro atoms. The molecule has 2 aromatic heterocycles. The highest BCUT2D eigenvalue weighted by Crippen LogP contribution is 2.36. The SMILES string of the molecule is Oc1cccc(-c2nc(Cc3c[nH]c4ccccc34)oc2-c2cccc(O)c2)c1. The Balaban J connectivity index is 1.63. The third kappa shape index (κ3) is 3.23. The summed E-state index contributed by atoms with van der Waals surface area (Å²) in [7, 11) is 0. The average molecular weight is 382 g/mol. The first-order valence-electron chi connectivity index (χ1n) is 9.31. The van der Waals surface area contributed by atoms with E-state index in [-0.39, 0.29) is 11.5 Å². The van der Waals surface area contributed by atoms with Crippen LogP contribution < -0.4 is 0 Å². The van der Waals surface area contributed by atoms with Crippen LogP contribution in [0.3, 0.4) is 0 Å². The quantitative estimate of drug-likeness (QED) is 0.384. The second kappa shape index (κ2) is 6.87. The molecule has 0 aliphatic rings. The lowest BCUT2D eigenvalue weighted by molar-refractivity contribution is 0.474. The predicted octanol–water partition coefficient (Wildman–Crippen LogP) is 5.49. The van der Waals surface area contributed by atoms with E-state index in [4.69, 9.17) is 9.40 Å². The van der Waals surface area contributed by atoms with Crippen LogP contribution in [-0.4, -0.2) is 20.2 Å². The average Bonchev–Trinajstić information content (AvgIpc) is 3.33. The first-order valence-corrected chi connectivity index (χ1v) is 9.31. The van der Waals surface area contributed by atoms with Gasteiger partial charge in [0.15, 0.2) is 11.7 Å². The van der Waals surface area contributed by atoms with E-state index in [9.17, 15) is 10.2 Å². The van der Waals surface area contributed by atoms with Crippen molar-refractivity contribution in [1.29, 1.82) is 0 Å². The number of aromatic nitrogens is 2. The van der Waals surface area contributed by atoms with E-state index in [0.717, 1.165) is 27.6 Å². The Morgan fingerprint density at radius 3 is 2.34 bits per heavy atom. The number of benzene rings is 3. The monoisotopic (exact) mass is 382 g/mol. The third-order valence-corrected chi connectivity index (χ3v) is 4.92. The topological polar surface area (TPSA) is 82.3 Å². The highest BCUT2D eigenvalue weighted by molar-refractivity contribution is 5.83. The zero-order chi connectivity index (χ0) is 19.8. The van der Waals surface area contributed by atoms with Gasteiger partial charge < -0.3 is 19.6 Å². The smallest absolute Gasteiger partial charge is 0.200 e. The number of hydrogen-bond donors (Lipinski definition) is 3. The first kappa shape index (κ1) is 17.1. The summed E-state index contributed by atoms with van der Waals surface area (Å²) in [5.74, 6) is 1.43. The van der Waals surface area contributed by atoms with Crippen LogP contribution in [0, 0.1) is 0 Å². The molecule has 5 rings (SSSR count). The molecule has 3 N–H and O–H groups in total. The number of fused-ring (bicyclic) bond motifs is 1. The normalized spacial score (nSPS) is 11.2. The van der Waals surface area contributed by atoms with Gasteiger partial charge in [-0.3, -0.25) is 0 Å². The first-order chi connectivity index (χ1) is 14.2. The Bertz CT molecular complexity index is 1250. The second-order valence-electron chi connectivity index (χ2n) is 6.92. The molecule has 0 unspecified atom stereocenters. The van der Waals surface area contributed by atoms with Crippen LogP contribution in [0.15, 0.2) is 83.4 Å². The summed E-state index contributed by atoms with van der Waals surface area (Å²) in [6, 6.07) is 21.9. The van der Waals surface area contributed by atoms with Crippen LogP contribution >= 0.6 is 0 Å². The van der Waals surface area contributed by atoms with Crippen molar-refractivity contribution in [3.05, 3.63) is 90.4 Å². The highest BCUT2D eigenvalue weighted by atomic mass is 16.4. The Kier molecular flexibility index (Phi) is 4.06. The molecular formula is C24H18N2O3.